The van der Waals surface area contributed by atoms with E-state index in [2.05, 4.69) is 0 Å². The summed E-state index contributed by atoms with van der Waals surface area (Å²) < 4.78 is 5.40. The summed E-state index contributed by atoms with van der Waals surface area (Å²) in [5.41, 5.74) is -0.466. The Balaban J connectivity index is 2.02. The first kappa shape index (κ1) is 12.4. The Hall–Kier alpha value is -1.06. The molecule has 1 aliphatic carbocycles. The SMILES string of the molecule is CC(C)(C)OC(=O)N1CCC(=O)C[C@H]1C1CC1. The molecule has 0 bridgehead atoms. The van der Waals surface area contributed by atoms with Gasteiger partial charge >= 0.3 is 6.09 Å². The number of hydrogen-bond acceptors (Lipinski definition) is 3. The molecule has 1 saturated carbocycles. The number of hydrogen-bond donors (Lipinski definition) is 0. The highest BCUT2D eigenvalue weighted by Crippen LogP contribution is 2.39. The van der Waals surface area contributed by atoms with Crippen LogP contribution in [0.1, 0.15) is 46.5 Å². The molecule has 2 aliphatic rings. The predicted octanol–water partition coefficient (Wildman–Crippen LogP) is 2.37. The molecule has 0 N–H and O–H groups in total. The standard InChI is InChI=1S/C13H21NO3/c1-13(2,3)17-12(16)14-7-6-10(15)8-11(14)9-4-5-9/h9,11H,4-8H2,1-3H3/t11-/m0/s1. The normalized spacial score (nSPS) is 25.9. The molecule has 1 saturated heterocycles. The summed E-state index contributed by atoms with van der Waals surface area (Å²) in [6, 6.07) is 0.0890. The number of amides is 1. The van der Waals surface area contributed by atoms with Crippen LogP contribution in [0.25, 0.3) is 0 Å². The maximum Gasteiger partial charge on any atom is 0.410 e. The molecule has 4 heteroatoms. The molecule has 0 aromatic carbocycles. The van der Waals surface area contributed by atoms with Crippen LogP contribution >= 0.6 is 0 Å². The Bertz CT molecular complexity index is 328. The summed E-state index contributed by atoms with van der Waals surface area (Å²) in [5.74, 6) is 0.800. The second kappa shape index (κ2) is 4.31. The average molecular weight is 239 g/mol. The molecular formula is C13H21NO3. The van der Waals surface area contributed by atoms with Gasteiger partial charge in [-0.05, 0) is 39.5 Å². The van der Waals surface area contributed by atoms with Crippen LogP contribution in [0, 0.1) is 5.92 Å². The molecule has 0 aromatic rings. The van der Waals surface area contributed by atoms with Crippen molar-refractivity contribution >= 4 is 11.9 Å². The molecule has 0 spiro atoms. The number of carbonyl (C=O) groups excluding carboxylic acids is 2. The van der Waals surface area contributed by atoms with Gasteiger partial charge in [-0.1, -0.05) is 0 Å². The molecule has 2 rings (SSSR count). The van der Waals surface area contributed by atoms with E-state index in [1.165, 1.54) is 0 Å². The van der Waals surface area contributed by atoms with E-state index in [1.54, 1.807) is 4.90 Å². The number of rotatable bonds is 1. The molecule has 1 heterocycles. The maximum absolute atomic E-state index is 12.1. The Morgan fingerprint density at radius 2 is 2.00 bits per heavy atom. The van der Waals surface area contributed by atoms with Crippen LogP contribution in [0.4, 0.5) is 4.79 Å². The van der Waals surface area contributed by atoms with E-state index >= 15 is 0 Å². The first-order valence-corrected chi connectivity index (χ1v) is 6.38. The number of nitrogens with zero attached hydrogens (tertiary/aromatic N) is 1. The molecule has 1 atom stereocenters. The third-order valence-corrected chi connectivity index (χ3v) is 3.26. The van der Waals surface area contributed by atoms with Gasteiger partial charge in [-0.15, -0.1) is 0 Å². The van der Waals surface area contributed by atoms with Crippen molar-refractivity contribution in [2.75, 3.05) is 6.54 Å². The molecule has 17 heavy (non-hydrogen) atoms. The fourth-order valence-electron chi connectivity index (χ4n) is 2.31. The van der Waals surface area contributed by atoms with E-state index in [9.17, 15) is 9.59 Å². The summed E-state index contributed by atoms with van der Waals surface area (Å²) in [6.45, 7) is 6.12. The van der Waals surface area contributed by atoms with E-state index in [-0.39, 0.29) is 17.9 Å². The van der Waals surface area contributed by atoms with Gasteiger partial charge < -0.3 is 9.64 Å². The number of likely N-dealkylation sites (tertiary alicyclic amines) is 1. The second-order valence-electron chi connectivity index (χ2n) is 6.07. The highest BCUT2D eigenvalue weighted by Gasteiger charge is 2.42. The largest absolute Gasteiger partial charge is 0.444 e. The van der Waals surface area contributed by atoms with Gasteiger partial charge in [0, 0.05) is 25.4 Å². The van der Waals surface area contributed by atoms with Gasteiger partial charge in [0.05, 0.1) is 0 Å². The van der Waals surface area contributed by atoms with Crippen molar-refractivity contribution in [1.82, 2.24) is 4.90 Å². The van der Waals surface area contributed by atoms with Gasteiger partial charge in [-0.2, -0.15) is 0 Å². The Kier molecular flexibility index (Phi) is 3.15. The van der Waals surface area contributed by atoms with Crippen LogP contribution in [-0.2, 0) is 9.53 Å². The lowest BCUT2D eigenvalue weighted by atomic mass is 9.97. The van der Waals surface area contributed by atoms with Gasteiger partial charge in [-0.25, -0.2) is 4.79 Å². The number of piperidine rings is 1. The van der Waals surface area contributed by atoms with Crippen LogP contribution in [0.2, 0.25) is 0 Å². The molecule has 0 unspecified atom stereocenters. The van der Waals surface area contributed by atoms with E-state index in [4.69, 9.17) is 4.74 Å². The van der Waals surface area contributed by atoms with Crippen molar-refractivity contribution in [3.63, 3.8) is 0 Å². The van der Waals surface area contributed by atoms with Crippen LogP contribution in [0.5, 0.6) is 0 Å². The van der Waals surface area contributed by atoms with Crippen LogP contribution in [0.3, 0.4) is 0 Å². The van der Waals surface area contributed by atoms with Crippen LogP contribution in [-0.4, -0.2) is 35.0 Å². The van der Waals surface area contributed by atoms with Gasteiger partial charge in [-0.3, -0.25) is 4.79 Å². The lowest BCUT2D eigenvalue weighted by Crippen LogP contribution is -2.49. The first-order valence-electron chi connectivity index (χ1n) is 6.38. The van der Waals surface area contributed by atoms with Crippen LogP contribution in [0.15, 0.2) is 0 Å². The topological polar surface area (TPSA) is 46.6 Å². The highest BCUT2D eigenvalue weighted by molar-refractivity contribution is 5.82. The minimum atomic E-state index is -0.466. The molecule has 4 nitrogen and oxygen atoms in total. The zero-order chi connectivity index (χ0) is 12.6. The molecule has 2 fully saturated rings. The van der Waals surface area contributed by atoms with E-state index in [0.29, 0.717) is 25.3 Å². The Labute approximate surface area is 102 Å². The minimum absolute atomic E-state index is 0.0890. The third kappa shape index (κ3) is 3.20. The molecule has 1 amide bonds. The third-order valence-electron chi connectivity index (χ3n) is 3.26. The van der Waals surface area contributed by atoms with Gasteiger partial charge in [0.1, 0.15) is 11.4 Å². The highest BCUT2D eigenvalue weighted by atomic mass is 16.6. The smallest absolute Gasteiger partial charge is 0.410 e. The van der Waals surface area contributed by atoms with E-state index in [1.807, 2.05) is 20.8 Å². The number of Topliss-reactive ketones (excluding diaryl/α,β-unsaturated/α-hetero) is 1. The number of carbonyl (C=O) groups is 2. The first-order chi connectivity index (χ1) is 7.87. The molecular weight excluding hydrogens is 218 g/mol. The molecule has 96 valence electrons. The van der Waals surface area contributed by atoms with Crippen molar-refractivity contribution in [1.29, 1.82) is 0 Å². The van der Waals surface area contributed by atoms with Gasteiger partial charge in [0.2, 0.25) is 0 Å². The van der Waals surface area contributed by atoms with Crippen molar-refractivity contribution in [3.05, 3.63) is 0 Å². The Morgan fingerprint density at radius 3 is 2.53 bits per heavy atom. The Morgan fingerprint density at radius 1 is 1.35 bits per heavy atom. The summed E-state index contributed by atoms with van der Waals surface area (Å²) in [6.07, 6.45) is 3.00. The van der Waals surface area contributed by atoms with Gasteiger partial charge in [0.15, 0.2) is 0 Å². The van der Waals surface area contributed by atoms with E-state index < -0.39 is 5.60 Å². The fourth-order valence-corrected chi connectivity index (χ4v) is 2.31. The summed E-state index contributed by atoms with van der Waals surface area (Å²) in [4.78, 5) is 25.3. The zero-order valence-corrected chi connectivity index (χ0v) is 10.9. The predicted molar refractivity (Wildman–Crippen MR) is 63.7 cm³/mol. The molecule has 1 aliphatic heterocycles. The lowest BCUT2D eigenvalue weighted by molar-refractivity contribution is -0.123. The van der Waals surface area contributed by atoms with Crippen molar-refractivity contribution < 1.29 is 14.3 Å². The average Bonchev–Trinajstić information content (AvgIpc) is 2.97. The fraction of sp³-hybridized carbons (Fsp3) is 0.846. The van der Waals surface area contributed by atoms with E-state index in [0.717, 1.165) is 12.8 Å². The summed E-state index contributed by atoms with van der Waals surface area (Å²) in [5, 5.41) is 0. The van der Waals surface area contributed by atoms with Crippen molar-refractivity contribution in [2.45, 2.75) is 58.1 Å². The van der Waals surface area contributed by atoms with Crippen molar-refractivity contribution in [2.24, 2.45) is 5.92 Å². The van der Waals surface area contributed by atoms with Gasteiger partial charge in [0.25, 0.3) is 0 Å². The maximum atomic E-state index is 12.1. The lowest BCUT2D eigenvalue weighted by Gasteiger charge is -2.36. The van der Waals surface area contributed by atoms with Crippen molar-refractivity contribution in [3.8, 4) is 0 Å². The number of ketones is 1. The minimum Gasteiger partial charge on any atom is -0.444 e. The molecule has 0 radical (unpaired) electrons. The number of ether oxygens (including phenoxy) is 1. The molecule has 0 aromatic heterocycles. The summed E-state index contributed by atoms with van der Waals surface area (Å²) in [7, 11) is 0. The monoisotopic (exact) mass is 239 g/mol. The van der Waals surface area contributed by atoms with Crippen LogP contribution < -0.4 is 0 Å². The zero-order valence-electron chi connectivity index (χ0n) is 10.9. The second-order valence-corrected chi connectivity index (χ2v) is 6.07. The summed E-state index contributed by atoms with van der Waals surface area (Å²) >= 11 is 0. The quantitative estimate of drug-likeness (QED) is 0.705.